The first-order valence-corrected chi connectivity index (χ1v) is 8.91. The van der Waals surface area contributed by atoms with Crippen molar-refractivity contribution < 1.29 is 14.7 Å². The summed E-state index contributed by atoms with van der Waals surface area (Å²) in [5.74, 6) is -1.28. The summed E-state index contributed by atoms with van der Waals surface area (Å²) in [7, 11) is 0. The molecule has 0 aromatic heterocycles. The number of hydrogen-bond donors (Lipinski definition) is 3. The summed E-state index contributed by atoms with van der Waals surface area (Å²) in [4.78, 5) is 23.6. The van der Waals surface area contributed by atoms with Crippen LogP contribution < -0.4 is 10.6 Å². The highest BCUT2D eigenvalue weighted by molar-refractivity contribution is 6.35. The van der Waals surface area contributed by atoms with Gasteiger partial charge < -0.3 is 15.7 Å². The number of nitrogens with one attached hydrogen (secondary N) is 2. The van der Waals surface area contributed by atoms with Gasteiger partial charge >= 0.3 is 11.8 Å². The first-order valence-electron chi connectivity index (χ1n) is 8.91. The minimum absolute atomic E-state index is 0.156. The summed E-state index contributed by atoms with van der Waals surface area (Å²) in [6.45, 7) is 0.620. The fourth-order valence-electron chi connectivity index (χ4n) is 3.11. The van der Waals surface area contributed by atoms with Crippen molar-refractivity contribution in [3.63, 3.8) is 0 Å². The molecule has 132 valence electrons. The molecule has 24 heavy (non-hydrogen) atoms. The van der Waals surface area contributed by atoms with Crippen LogP contribution >= 0.6 is 0 Å². The lowest BCUT2D eigenvalue weighted by Gasteiger charge is -2.26. The average Bonchev–Trinajstić information content (AvgIpc) is 2.82. The van der Waals surface area contributed by atoms with E-state index in [4.69, 9.17) is 0 Å². The van der Waals surface area contributed by atoms with Gasteiger partial charge in [-0.2, -0.15) is 0 Å². The second-order valence-electron chi connectivity index (χ2n) is 6.67. The number of carbonyl (C=O) groups excluding carboxylic acids is 2. The zero-order valence-electron chi connectivity index (χ0n) is 14.2. The van der Waals surface area contributed by atoms with Crippen molar-refractivity contribution >= 4 is 11.8 Å². The first-order chi connectivity index (χ1) is 11.6. The number of carbonyl (C=O) groups is 2. The third-order valence-electron chi connectivity index (χ3n) is 4.59. The lowest BCUT2D eigenvalue weighted by atomic mass is 9.94. The summed E-state index contributed by atoms with van der Waals surface area (Å²) in [6, 6.07) is 10.0. The standard InChI is InChI=1S/C19H28N2O3/c22-17(20-14-8-11-16-9-4-3-5-10-16)18(23)21-15-19(24)12-6-1-2-7-13-19/h3-5,9-10,24H,1-2,6-8,11-15H2,(H,20,22)(H,21,23). The molecule has 0 bridgehead atoms. The van der Waals surface area contributed by atoms with Gasteiger partial charge in [-0.15, -0.1) is 0 Å². The molecular weight excluding hydrogens is 304 g/mol. The van der Waals surface area contributed by atoms with Crippen molar-refractivity contribution in [3.05, 3.63) is 35.9 Å². The molecule has 2 amide bonds. The van der Waals surface area contributed by atoms with Gasteiger partial charge in [0, 0.05) is 13.1 Å². The highest BCUT2D eigenvalue weighted by atomic mass is 16.3. The maximum atomic E-state index is 11.8. The number of aryl methyl sites for hydroxylation is 1. The number of hydrogen-bond acceptors (Lipinski definition) is 3. The Kier molecular flexibility index (Phi) is 7.25. The molecule has 0 atom stereocenters. The Morgan fingerprint density at radius 3 is 2.25 bits per heavy atom. The maximum Gasteiger partial charge on any atom is 0.309 e. The van der Waals surface area contributed by atoms with Gasteiger partial charge in [0.25, 0.3) is 0 Å². The van der Waals surface area contributed by atoms with Gasteiger partial charge in [0.05, 0.1) is 5.60 Å². The molecule has 0 heterocycles. The summed E-state index contributed by atoms with van der Waals surface area (Å²) >= 11 is 0. The number of benzene rings is 1. The predicted molar refractivity (Wildman–Crippen MR) is 93.4 cm³/mol. The molecule has 2 rings (SSSR count). The van der Waals surface area contributed by atoms with Gasteiger partial charge in [0.1, 0.15) is 0 Å². The smallest absolute Gasteiger partial charge is 0.309 e. The summed E-state index contributed by atoms with van der Waals surface area (Å²) in [5.41, 5.74) is 0.353. The van der Waals surface area contributed by atoms with Gasteiger partial charge in [-0.25, -0.2) is 0 Å². The van der Waals surface area contributed by atoms with Gasteiger partial charge in [-0.1, -0.05) is 56.0 Å². The van der Waals surface area contributed by atoms with Crippen molar-refractivity contribution in [1.29, 1.82) is 0 Å². The van der Waals surface area contributed by atoms with Gasteiger partial charge in [0.2, 0.25) is 0 Å². The van der Waals surface area contributed by atoms with E-state index in [0.717, 1.165) is 38.5 Å². The number of aliphatic hydroxyl groups is 1. The fraction of sp³-hybridized carbons (Fsp3) is 0.579. The van der Waals surface area contributed by atoms with Crippen LogP contribution in [0.4, 0.5) is 0 Å². The molecule has 1 saturated carbocycles. The van der Waals surface area contributed by atoms with Crippen LogP contribution in [0.15, 0.2) is 30.3 Å². The van der Waals surface area contributed by atoms with E-state index >= 15 is 0 Å². The van der Waals surface area contributed by atoms with E-state index in [9.17, 15) is 14.7 Å². The monoisotopic (exact) mass is 332 g/mol. The molecule has 3 N–H and O–H groups in total. The SMILES string of the molecule is O=C(NCCCc1ccccc1)C(=O)NCC1(O)CCCCCC1. The highest BCUT2D eigenvalue weighted by Gasteiger charge is 2.29. The molecule has 1 fully saturated rings. The Morgan fingerprint density at radius 1 is 0.958 bits per heavy atom. The largest absolute Gasteiger partial charge is 0.388 e. The minimum Gasteiger partial charge on any atom is -0.388 e. The zero-order chi connectivity index (χ0) is 17.3. The second kappa shape index (κ2) is 9.42. The Labute approximate surface area is 143 Å². The van der Waals surface area contributed by atoms with Crippen LogP contribution in [0.3, 0.4) is 0 Å². The van der Waals surface area contributed by atoms with E-state index in [1.807, 2.05) is 30.3 Å². The van der Waals surface area contributed by atoms with E-state index < -0.39 is 17.4 Å². The van der Waals surface area contributed by atoms with Crippen molar-refractivity contribution in [1.82, 2.24) is 10.6 Å². The Balaban J connectivity index is 1.63. The highest BCUT2D eigenvalue weighted by Crippen LogP contribution is 2.26. The summed E-state index contributed by atoms with van der Waals surface area (Å²) in [5, 5.41) is 15.7. The van der Waals surface area contributed by atoms with Crippen molar-refractivity contribution in [3.8, 4) is 0 Å². The third-order valence-corrected chi connectivity index (χ3v) is 4.59. The first kappa shape index (κ1) is 18.5. The predicted octanol–water partition coefficient (Wildman–Crippen LogP) is 1.94. The molecule has 0 spiro atoms. The molecule has 0 radical (unpaired) electrons. The average molecular weight is 332 g/mol. The van der Waals surface area contributed by atoms with Gasteiger partial charge in [0.15, 0.2) is 0 Å². The lowest BCUT2D eigenvalue weighted by Crippen LogP contribution is -2.47. The minimum atomic E-state index is -0.861. The zero-order valence-corrected chi connectivity index (χ0v) is 14.2. The Hall–Kier alpha value is -1.88. The van der Waals surface area contributed by atoms with E-state index in [2.05, 4.69) is 10.6 Å². The molecule has 1 aliphatic rings. The van der Waals surface area contributed by atoms with Crippen LogP contribution in [-0.4, -0.2) is 35.6 Å². The molecule has 5 nitrogen and oxygen atoms in total. The number of rotatable bonds is 6. The molecule has 0 unspecified atom stereocenters. The van der Waals surface area contributed by atoms with E-state index in [-0.39, 0.29) is 6.54 Å². The van der Waals surface area contributed by atoms with Crippen molar-refractivity contribution in [2.45, 2.75) is 57.0 Å². The molecule has 1 aromatic rings. The molecule has 0 aliphatic heterocycles. The summed E-state index contributed by atoms with van der Waals surface area (Å²) < 4.78 is 0. The van der Waals surface area contributed by atoms with Crippen molar-refractivity contribution in [2.24, 2.45) is 0 Å². The molecule has 1 aromatic carbocycles. The van der Waals surface area contributed by atoms with Crippen LogP contribution in [0.25, 0.3) is 0 Å². The Bertz CT molecular complexity index is 523. The summed E-state index contributed by atoms with van der Waals surface area (Å²) in [6.07, 6.45) is 7.21. The van der Waals surface area contributed by atoms with Crippen LogP contribution in [0.1, 0.15) is 50.5 Å². The molecule has 5 heteroatoms. The van der Waals surface area contributed by atoms with Gasteiger partial charge in [-0.05, 0) is 31.2 Å². The number of amides is 2. The normalized spacial score (nSPS) is 16.9. The van der Waals surface area contributed by atoms with E-state index in [1.165, 1.54) is 5.56 Å². The van der Waals surface area contributed by atoms with E-state index in [0.29, 0.717) is 19.4 Å². The van der Waals surface area contributed by atoms with Crippen LogP contribution in [0.5, 0.6) is 0 Å². The molecule has 1 aliphatic carbocycles. The maximum absolute atomic E-state index is 11.8. The topological polar surface area (TPSA) is 78.4 Å². The van der Waals surface area contributed by atoms with Crippen LogP contribution in [0.2, 0.25) is 0 Å². The quantitative estimate of drug-likeness (QED) is 0.423. The molecule has 0 saturated heterocycles. The van der Waals surface area contributed by atoms with Crippen LogP contribution in [-0.2, 0) is 16.0 Å². The third kappa shape index (κ3) is 6.32. The Morgan fingerprint density at radius 2 is 1.58 bits per heavy atom. The van der Waals surface area contributed by atoms with Crippen LogP contribution in [0, 0.1) is 0 Å². The van der Waals surface area contributed by atoms with Crippen molar-refractivity contribution in [2.75, 3.05) is 13.1 Å². The lowest BCUT2D eigenvalue weighted by molar-refractivity contribution is -0.139. The fourth-order valence-corrected chi connectivity index (χ4v) is 3.11. The van der Waals surface area contributed by atoms with E-state index in [1.54, 1.807) is 0 Å². The molecular formula is C19H28N2O3. The second-order valence-corrected chi connectivity index (χ2v) is 6.67. The van der Waals surface area contributed by atoms with Gasteiger partial charge in [-0.3, -0.25) is 9.59 Å².